The van der Waals surface area contributed by atoms with Crippen LogP contribution in [0.4, 0.5) is 13.2 Å². The van der Waals surface area contributed by atoms with Crippen molar-refractivity contribution in [1.29, 1.82) is 0 Å². The van der Waals surface area contributed by atoms with E-state index in [1.54, 1.807) is 24.3 Å². The number of sulfonamides is 1. The number of benzene rings is 2. The van der Waals surface area contributed by atoms with Crippen LogP contribution in [-0.2, 0) is 33.7 Å². The van der Waals surface area contributed by atoms with Crippen molar-refractivity contribution in [3.63, 3.8) is 0 Å². The number of rotatable bonds is 9. The molecule has 0 fully saturated rings. The molecule has 0 saturated carbocycles. The summed E-state index contributed by atoms with van der Waals surface area (Å²) in [6.07, 6.45) is -4.38. The van der Waals surface area contributed by atoms with E-state index in [1.807, 2.05) is 0 Å². The highest BCUT2D eigenvalue weighted by atomic mass is 32.2. The van der Waals surface area contributed by atoms with Crippen LogP contribution in [0.15, 0.2) is 48.5 Å². The average molecular weight is 430 g/mol. The summed E-state index contributed by atoms with van der Waals surface area (Å²) in [7, 11) is -2.00. The first-order valence-corrected chi connectivity index (χ1v) is 10.2. The molecule has 2 rings (SSSR count). The molecule has 2 aromatic rings. The first-order valence-electron chi connectivity index (χ1n) is 8.59. The number of hydrogen-bond acceptors (Lipinski definition) is 4. The molecule has 1 amide bonds. The maximum absolute atomic E-state index is 12.2. The molecule has 0 heterocycles. The van der Waals surface area contributed by atoms with Crippen molar-refractivity contribution in [2.75, 3.05) is 13.7 Å². The van der Waals surface area contributed by atoms with E-state index in [-0.39, 0.29) is 24.8 Å². The van der Waals surface area contributed by atoms with Crippen LogP contribution in [0, 0.1) is 0 Å². The Morgan fingerprint density at radius 1 is 0.966 bits per heavy atom. The van der Waals surface area contributed by atoms with E-state index in [2.05, 4.69) is 14.8 Å². The lowest BCUT2D eigenvalue weighted by molar-refractivity contribution is -0.176. The number of ether oxygens (including phenoxy) is 1. The van der Waals surface area contributed by atoms with Gasteiger partial charge in [-0.15, -0.1) is 0 Å². The maximum atomic E-state index is 12.2. The van der Waals surface area contributed by atoms with E-state index >= 15 is 0 Å². The third kappa shape index (κ3) is 8.22. The molecule has 0 aliphatic carbocycles. The summed E-state index contributed by atoms with van der Waals surface area (Å²) in [5.41, 5.74) is 2.30. The van der Waals surface area contributed by atoms with Gasteiger partial charge in [0, 0.05) is 12.1 Å². The zero-order chi connectivity index (χ0) is 21.5. The second-order valence-corrected chi connectivity index (χ2v) is 8.19. The van der Waals surface area contributed by atoms with Crippen LogP contribution in [0.25, 0.3) is 0 Å². The van der Waals surface area contributed by atoms with Gasteiger partial charge in [0.25, 0.3) is 5.91 Å². The Balaban J connectivity index is 1.84. The summed E-state index contributed by atoms with van der Waals surface area (Å²) in [5, 5.41) is 2.73. The lowest BCUT2D eigenvalue weighted by Gasteiger charge is -2.09. The molecule has 0 aliphatic rings. The van der Waals surface area contributed by atoms with E-state index in [0.717, 1.165) is 5.56 Å². The Labute approximate surface area is 167 Å². The molecule has 0 aliphatic heterocycles. The van der Waals surface area contributed by atoms with Crippen LogP contribution in [0.1, 0.15) is 27.0 Å². The molecule has 0 atom stereocenters. The molecule has 2 aromatic carbocycles. The van der Waals surface area contributed by atoms with Crippen molar-refractivity contribution in [3.05, 3.63) is 70.8 Å². The van der Waals surface area contributed by atoms with Crippen LogP contribution in [0.3, 0.4) is 0 Å². The minimum atomic E-state index is -4.38. The second-order valence-electron chi connectivity index (χ2n) is 6.27. The van der Waals surface area contributed by atoms with Crippen LogP contribution < -0.4 is 10.0 Å². The summed E-state index contributed by atoms with van der Waals surface area (Å²) in [5.74, 6) is -0.468. The fraction of sp³-hybridized carbons (Fsp3) is 0.316. The first kappa shape index (κ1) is 22.9. The van der Waals surface area contributed by atoms with Gasteiger partial charge < -0.3 is 10.1 Å². The minimum absolute atomic E-state index is 0.130. The average Bonchev–Trinajstić information content (AvgIpc) is 2.66. The predicted octanol–water partition coefficient (Wildman–Crippen LogP) is 2.74. The van der Waals surface area contributed by atoms with E-state index in [4.69, 9.17) is 0 Å². The van der Waals surface area contributed by atoms with Crippen LogP contribution in [0.5, 0.6) is 0 Å². The fourth-order valence-electron chi connectivity index (χ4n) is 2.37. The van der Waals surface area contributed by atoms with Crippen molar-refractivity contribution in [2.24, 2.45) is 0 Å². The number of nitrogens with one attached hydrogen (secondary N) is 2. The highest BCUT2D eigenvalue weighted by molar-refractivity contribution is 7.88. The Hall–Kier alpha value is -2.43. The smallest absolute Gasteiger partial charge is 0.367 e. The normalized spacial score (nSPS) is 12.0. The number of carbonyl (C=O) groups is 1. The summed E-state index contributed by atoms with van der Waals surface area (Å²) >= 11 is 0. The largest absolute Gasteiger partial charge is 0.411 e. The van der Waals surface area contributed by atoms with Gasteiger partial charge in [0.05, 0.1) is 12.4 Å². The molecule has 6 nitrogen and oxygen atoms in total. The van der Waals surface area contributed by atoms with Gasteiger partial charge in [0.15, 0.2) is 0 Å². The van der Waals surface area contributed by atoms with Gasteiger partial charge in [0.2, 0.25) is 10.0 Å². The molecular formula is C19H21F3N2O4S. The Bertz CT molecular complexity index is 912. The lowest BCUT2D eigenvalue weighted by atomic mass is 10.1. The zero-order valence-electron chi connectivity index (χ0n) is 15.6. The van der Waals surface area contributed by atoms with E-state index in [1.165, 1.54) is 31.3 Å². The van der Waals surface area contributed by atoms with E-state index < -0.39 is 22.8 Å². The Morgan fingerprint density at radius 2 is 1.52 bits per heavy atom. The van der Waals surface area contributed by atoms with E-state index in [0.29, 0.717) is 16.7 Å². The van der Waals surface area contributed by atoms with Gasteiger partial charge in [-0.2, -0.15) is 13.2 Å². The molecule has 0 spiro atoms. The fourth-order valence-corrected chi connectivity index (χ4v) is 3.14. The standard InChI is InChI=1S/C19H21F3N2O4S/c1-23-29(26,27)12-16-4-2-14(3-5-16)10-24-18(25)17-8-6-15(7-9-17)11-28-13-19(20,21)22/h2-9,23H,10-13H2,1H3,(H,24,25). The van der Waals surface area contributed by atoms with Crippen molar-refractivity contribution in [1.82, 2.24) is 10.0 Å². The van der Waals surface area contributed by atoms with Gasteiger partial charge in [-0.25, -0.2) is 13.1 Å². The molecule has 0 unspecified atom stereocenters. The highest BCUT2D eigenvalue weighted by Crippen LogP contribution is 2.16. The number of halogens is 3. The third-order valence-corrected chi connectivity index (χ3v) is 5.23. The molecule has 10 heteroatoms. The molecule has 0 saturated heterocycles. The van der Waals surface area contributed by atoms with Crippen LogP contribution in [-0.4, -0.2) is 34.2 Å². The molecular weight excluding hydrogens is 409 g/mol. The highest BCUT2D eigenvalue weighted by Gasteiger charge is 2.27. The van der Waals surface area contributed by atoms with Gasteiger partial charge in [-0.1, -0.05) is 36.4 Å². The van der Waals surface area contributed by atoms with Gasteiger partial charge in [-0.3, -0.25) is 4.79 Å². The predicted molar refractivity (Wildman–Crippen MR) is 101 cm³/mol. The molecule has 29 heavy (non-hydrogen) atoms. The third-order valence-electron chi connectivity index (χ3n) is 3.89. The second kappa shape index (κ2) is 9.86. The van der Waals surface area contributed by atoms with Gasteiger partial charge in [0.1, 0.15) is 6.61 Å². The zero-order valence-corrected chi connectivity index (χ0v) is 16.4. The number of amides is 1. The monoisotopic (exact) mass is 430 g/mol. The lowest BCUT2D eigenvalue weighted by Crippen LogP contribution is -2.23. The van der Waals surface area contributed by atoms with Crippen molar-refractivity contribution >= 4 is 15.9 Å². The summed E-state index contributed by atoms with van der Waals surface area (Å²) in [4.78, 5) is 12.2. The summed E-state index contributed by atoms with van der Waals surface area (Å²) in [6, 6.07) is 12.9. The summed E-state index contributed by atoms with van der Waals surface area (Å²) < 4.78 is 66.0. The van der Waals surface area contributed by atoms with Gasteiger partial charge in [-0.05, 0) is 35.9 Å². The summed E-state index contributed by atoms with van der Waals surface area (Å²) in [6.45, 7) is -1.28. The molecule has 0 aromatic heterocycles. The number of carbonyl (C=O) groups excluding carboxylic acids is 1. The minimum Gasteiger partial charge on any atom is -0.367 e. The molecule has 2 N–H and O–H groups in total. The Morgan fingerprint density at radius 3 is 2.07 bits per heavy atom. The van der Waals surface area contributed by atoms with Gasteiger partial charge >= 0.3 is 6.18 Å². The number of alkyl halides is 3. The van der Waals surface area contributed by atoms with Crippen molar-refractivity contribution in [3.8, 4) is 0 Å². The topological polar surface area (TPSA) is 84.5 Å². The first-order chi connectivity index (χ1) is 13.6. The SMILES string of the molecule is CNS(=O)(=O)Cc1ccc(CNC(=O)c2ccc(COCC(F)(F)F)cc2)cc1. The van der Waals surface area contributed by atoms with Crippen molar-refractivity contribution in [2.45, 2.75) is 25.1 Å². The molecule has 0 bridgehead atoms. The van der Waals surface area contributed by atoms with Crippen LogP contribution >= 0.6 is 0 Å². The number of hydrogen-bond donors (Lipinski definition) is 2. The van der Waals surface area contributed by atoms with E-state index in [9.17, 15) is 26.4 Å². The van der Waals surface area contributed by atoms with Crippen LogP contribution in [0.2, 0.25) is 0 Å². The Kier molecular flexibility index (Phi) is 7.77. The van der Waals surface area contributed by atoms with Crippen molar-refractivity contribution < 1.29 is 31.1 Å². The molecule has 0 radical (unpaired) electrons. The molecule has 158 valence electrons. The quantitative estimate of drug-likeness (QED) is 0.641. The maximum Gasteiger partial charge on any atom is 0.411 e.